The number of rotatable bonds is 4. The average molecular weight is 340 g/mol. The van der Waals surface area contributed by atoms with Crippen LogP contribution in [0.15, 0.2) is 28.7 Å². The number of carbonyl (C=O) groups is 1. The van der Waals surface area contributed by atoms with Gasteiger partial charge in [0.2, 0.25) is 0 Å². The third kappa shape index (κ3) is 3.42. The van der Waals surface area contributed by atoms with Gasteiger partial charge < -0.3 is 5.11 Å². The minimum absolute atomic E-state index is 0.126. The Bertz CT molecular complexity index is 590. The van der Waals surface area contributed by atoms with Crippen LogP contribution in [0.5, 0.6) is 0 Å². The van der Waals surface area contributed by atoms with Crippen molar-refractivity contribution >= 4 is 33.2 Å². The Morgan fingerprint density at radius 2 is 2.00 bits per heavy atom. The molecule has 0 fully saturated rings. The van der Waals surface area contributed by atoms with E-state index in [0.29, 0.717) is 17.0 Å². The summed E-state index contributed by atoms with van der Waals surface area (Å²) >= 11 is 4.67. The first-order chi connectivity index (χ1) is 8.97. The molecule has 0 saturated carbocycles. The van der Waals surface area contributed by atoms with Gasteiger partial charge in [0.1, 0.15) is 4.88 Å². The number of nitrogens with zero attached hydrogens (tertiary/aromatic N) is 1. The van der Waals surface area contributed by atoms with Crippen molar-refractivity contribution in [3.8, 4) is 0 Å². The zero-order valence-corrected chi connectivity index (χ0v) is 13.1. The lowest BCUT2D eigenvalue weighted by Gasteiger charge is -2.00. The van der Waals surface area contributed by atoms with Crippen LogP contribution in [0.2, 0.25) is 0 Å². The van der Waals surface area contributed by atoms with Crippen molar-refractivity contribution in [2.75, 3.05) is 0 Å². The maximum atomic E-state index is 11.2. The number of carboxylic acid groups (broad SMARTS) is 1. The second-order valence-corrected chi connectivity index (χ2v) is 6.58. The zero-order valence-electron chi connectivity index (χ0n) is 10.7. The Hall–Kier alpha value is -1.20. The largest absolute Gasteiger partial charge is 0.477 e. The van der Waals surface area contributed by atoms with Gasteiger partial charge in [0.15, 0.2) is 0 Å². The Morgan fingerprint density at radius 1 is 1.37 bits per heavy atom. The Kier molecular flexibility index (Phi) is 4.37. The van der Waals surface area contributed by atoms with Gasteiger partial charge in [-0.3, -0.25) is 0 Å². The van der Waals surface area contributed by atoms with E-state index in [4.69, 9.17) is 0 Å². The molecular formula is C14H14BrNO2S. The minimum atomic E-state index is -0.886. The highest BCUT2D eigenvalue weighted by atomic mass is 79.9. The maximum Gasteiger partial charge on any atom is 0.347 e. The first-order valence-electron chi connectivity index (χ1n) is 5.94. The van der Waals surface area contributed by atoms with E-state index in [2.05, 4.69) is 20.9 Å². The van der Waals surface area contributed by atoms with E-state index in [9.17, 15) is 9.90 Å². The number of carboxylic acids is 1. The Balaban J connectivity index is 2.28. The first-order valence-corrected chi connectivity index (χ1v) is 7.55. The molecular weight excluding hydrogens is 326 g/mol. The lowest BCUT2D eigenvalue weighted by Crippen LogP contribution is -2.00. The molecule has 0 radical (unpaired) electrons. The molecule has 2 aromatic rings. The summed E-state index contributed by atoms with van der Waals surface area (Å²) in [5, 5.41) is 10.0. The minimum Gasteiger partial charge on any atom is -0.477 e. The van der Waals surface area contributed by atoms with Crippen molar-refractivity contribution in [1.29, 1.82) is 0 Å². The fourth-order valence-electron chi connectivity index (χ4n) is 1.78. The molecule has 1 aromatic carbocycles. The van der Waals surface area contributed by atoms with Gasteiger partial charge in [0.25, 0.3) is 0 Å². The van der Waals surface area contributed by atoms with E-state index in [1.807, 2.05) is 38.1 Å². The molecule has 0 unspecified atom stereocenters. The van der Waals surface area contributed by atoms with Crippen molar-refractivity contribution < 1.29 is 9.90 Å². The summed E-state index contributed by atoms with van der Waals surface area (Å²) in [4.78, 5) is 16.0. The molecule has 19 heavy (non-hydrogen) atoms. The highest BCUT2D eigenvalue weighted by Crippen LogP contribution is 2.27. The van der Waals surface area contributed by atoms with E-state index < -0.39 is 5.97 Å². The molecule has 1 N–H and O–H groups in total. The van der Waals surface area contributed by atoms with E-state index in [-0.39, 0.29) is 5.92 Å². The Labute approximate surface area is 124 Å². The molecule has 100 valence electrons. The number of benzene rings is 1. The quantitative estimate of drug-likeness (QED) is 0.902. The van der Waals surface area contributed by atoms with Crippen molar-refractivity contribution in [2.45, 2.75) is 26.2 Å². The van der Waals surface area contributed by atoms with Crippen LogP contribution in [-0.2, 0) is 6.42 Å². The summed E-state index contributed by atoms with van der Waals surface area (Å²) in [5.74, 6) is -0.760. The smallest absolute Gasteiger partial charge is 0.347 e. The second kappa shape index (κ2) is 5.84. The summed E-state index contributed by atoms with van der Waals surface area (Å²) in [6.07, 6.45) is 0.672. The van der Waals surface area contributed by atoms with E-state index in [1.165, 1.54) is 11.3 Å². The third-order valence-corrected chi connectivity index (χ3v) is 4.30. The van der Waals surface area contributed by atoms with Crippen molar-refractivity contribution in [2.24, 2.45) is 0 Å². The number of aromatic carboxylic acids is 1. The zero-order chi connectivity index (χ0) is 14.0. The number of halogens is 1. The van der Waals surface area contributed by atoms with E-state index in [1.54, 1.807) is 0 Å². The van der Waals surface area contributed by atoms with Crippen LogP contribution in [-0.4, -0.2) is 16.1 Å². The number of aromatic nitrogens is 1. The maximum absolute atomic E-state index is 11.2. The number of thiazole rings is 1. The molecule has 0 amide bonds. The van der Waals surface area contributed by atoms with Gasteiger partial charge in [-0.15, -0.1) is 11.3 Å². The van der Waals surface area contributed by atoms with Crippen LogP contribution in [0.1, 0.15) is 45.7 Å². The fourth-order valence-corrected chi connectivity index (χ4v) is 3.13. The lowest BCUT2D eigenvalue weighted by atomic mass is 10.1. The van der Waals surface area contributed by atoms with Crippen LogP contribution < -0.4 is 0 Å². The van der Waals surface area contributed by atoms with Gasteiger partial charge in [0.05, 0.1) is 10.7 Å². The number of hydrogen-bond donors (Lipinski definition) is 1. The van der Waals surface area contributed by atoms with Gasteiger partial charge in [-0.25, -0.2) is 9.78 Å². The second-order valence-electron chi connectivity index (χ2n) is 4.59. The summed E-state index contributed by atoms with van der Waals surface area (Å²) in [7, 11) is 0. The molecule has 5 heteroatoms. The normalized spacial score (nSPS) is 10.9. The molecule has 0 atom stereocenters. The van der Waals surface area contributed by atoms with Crippen LogP contribution in [0.25, 0.3) is 0 Å². The van der Waals surface area contributed by atoms with Crippen LogP contribution in [0, 0.1) is 0 Å². The molecule has 0 spiro atoms. The molecule has 3 nitrogen and oxygen atoms in total. The third-order valence-electron chi connectivity index (χ3n) is 2.71. The first kappa shape index (κ1) is 14.2. The molecule has 0 saturated heterocycles. The van der Waals surface area contributed by atoms with Gasteiger partial charge in [0, 0.05) is 10.9 Å². The lowest BCUT2D eigenvalue weighted by molar-refractivity contribution is 0.0700. The summed E-state index contributed by atoms with van der Waals surface area (Å²) in [5.41, 5.74) is 1.81. The molecule has 0 aliphatic carbocycles. The predicted molar refractivity (Wildman–Crippen MR) is 80.1 cm³/mol. The Morgan fingerprint density at radius 3 is 2.47 bits per heavy atom. The average Bonchev–Trinajstić information content (AvgIpc) is 2.76. The molecule has 2 rings (SSSR count). The van der Waals surface area contributed by atoms with Crippen LogP contribution >= 0.6 is 27.3 Å². The fraction of sp³-hybridized carbons (Fsp3) is 0.286. The van der Waals surface area contributed by atoms with Gasteiger partial charge in [-0.1, -0.05) is 41.9 Å². The van der Waals surface area contributed by atoms with Crippen molar-refractivity contribution in [3.05, 3.63) is 49.9 Å². The molecule has 1 aromatic heterocycles. The number of hydrogen-bond acceptors (Lipinski definition) is 3. The van der Waals surface area contributed by atoms with E-state index >= 15 is 0 Å². The van der Waals surface area contributed by atoms with Crippen molar-refractivity contribution in [1.82, 2.24) is 4.98 Å². The standard InChI is InChI=1S/C14H14BrNO2S/c1-8(2)12-13(14(17)18)19-11(16-12)7-9-3-5-10(15)6-4-9/h3-6,8H,7H2,1-2H3,(H,17,18). The summed E-state index contributed by atoms with van der Waals surface area (Å²) in [6.45, 7) is 3.93. The monoisotopic (exact) mass is 339 g/mol. The summed E-state index contributed by atoms with van der Waals surface area (Å²) < 4.78 is 1.03. The van der Waals surface area contributed by atoms with Crippen molar-refractivity contribution in [3.63, 3.8) is 0 Å². The van der Waals surface area contributed by atoms with Gasteiger partial charge in [-0.05, 0) is 23.6 Å². The van der Waals surface area contributed by atoms with Gasteiger partial charge >= 0.3 is 5.97 Å². The van der Waals surface area contributed by atoms with E-state index in [0.717, 1.165) is 15.0 Å². The SMILES string of the molecule is CC(C)c1nc(Cc2ccc(Br)cc2)sc1C(=O)O. The highest BCUT2D eigenvalue weighted by Gasteiger charge is 2.19. The predicted octanol–water partition coefficient (Wildman–Crippen LogP) is 4.32. The highest BCUT2D eigenvalue weighted by molar-refractivity contribution is 9.10. The molecule has 0 bridgehead atoms. The molecule has 0 aliphatic rings. The summed E-state index contributed by atoms with van der Waals surface area (Å²) in [6, 6.07) is 7.98. The van der Waals surface area contributed by atoms with Crippen LogP contribution in [0.3, 0.4) is 0 Å². The molecule has 1 heterocycles. The van der Waals surface area contributed by atoms with Crippen LogP contribution in [0.4, 0.5) is 0 Å². The molecule has 0 aliphatic heterocycles. The topological polar surface area (TPSA) is 50.2 Å². The van der Waals surface area contributed by atoms with Gasteiger partial charge in [-0.2, -0.15) is 0 Å².